The van der Waals surface area contributed by atoms with Gasteiger partial charge in [-0.1, -0.05) is 20.3 Å². The lowest BCUT2D eigenvalue weighted by Crippen LogP contribution is -2.51. The highest BCUT2D eigenvalue weighted by Gasteiger charge is 2.33. The van der Waals surface area contributed by atoms with Crippen LogP contribution in [-0.4, -0.2) is 41.1 Å². The van der Waals surface area contributed by atoms with Crippen molar-refractivity contribution in [3.8, 4) is 0 Å². The average Bonchev–Trinajstić information content (AvgIpc) is 3.11. The number of piperidine rings is 2. The number of carbonyl (C=O) groups is 1. The summed E-state index contributed by atoms with van der Waals surface area (Å²) >= 11 is 0. The molecule has 1 aromatic heterocycles. The molecule has 0 aliphatic carbocycles. The maximum atomic E-state index is 12.8. The maximum absolute atomic E-state index is 12.8. The monoisotopic (exact) mass is 331 g/mol. The lowest BCUT2D eigenvalue weighted by Gasteiger charge is -2.44. The Morgan fingerprint density at radius 3 is 2.62 bits per heavy atom. The van der Waals surface area contributed by atoms with Gasteiger partial charge in [0.2, 0.25) is 5.91 Å². The molecule has 1 aromatic rings. The molecule has 2 fully saturated rings. The van der Waals surface area contributed by atoms with E-state index in [0.717, 1.165) is 13.0 Å². The van der Waals surface area contributed by atoms with E-state index in [1.807, 2.05) is 24.5 Å². The van der Waals surface area contributed by atoms with E-state index in [2.05, 4.69) is 28.6 Å². The van der Waals surface area contributed by atoms with Crippen LogP contribution in [0.2, 0.25) is 0 Å². The summed E-state index contributed by atoms with van der Waals surface area (Å²) in [5, 5.41) is 3.29. The van der Waals surface area contributed by atoms with Gasteiger partial charge in [0.05, 0.1) is 0 Å². The predicted molar refractivity (Wildman–Crippen MR) is 97.9 cm³/mol. The van der Waals surface area contributed by atoms with Gasteiger partial charge in [-0.05, 0) is 69.2 Å². The summed E-state index contributed by atoms with van der Waals surface area (Å²) < 4.78 is 2.06. The van der Waals surface area contributed by atoms with Crippen molar-refractivity contribution in [1.82, 2.24) is 14.8 Å². The van der Waals surface area contributed by atoms with Crippen LogP contribution in [-0.2, 0) is 4.79 Å². The average molecular weight is 332 g/mol. The molecule has 2 aliphatic rings. The van der Waals surface area contributed by atoms with Gasteiger partial charge >= 0.3 is 0 Å². The molecule has 0 radical (unpaired) electrons. The minimum Gasteiger partial charge on any atom is -0.354 e. The van der Waals surface area contributed by atoms with E-state index in [9.17, 15) is 4.79 Å². The van der Waals surface area contributed by atoms with Crippen molar-refractivity contribution in [1.29, 1.82) is 0 Å². The third-order valence-electron chi connectivity index (χ3n) is 5.75. The normalized spacial score (nSPS) is 26.1. The van der Waals surface area contributed by atoms with Crippen molar-refractivity contribution in [2.45, 2.75) is 64.5 Å². The van der Waals surface area contributed by atoms with Gasteiger partial charge in [0.25, 0.3) is 0 Å². The van der Waals surface area contributed by atoms with Crippen molar-refractivity contribution in [2.75, 3.05) is 19.6 Å². The van der Waals surface area contributed by atoms with Gasteiger partial charge in [0.1, 0.15) is 6.04 Å². The van der Waals surface area contributed by atoms with E-state index < -0.39 is 0 Å². The Labute approximate surface area is 146 Å². The number of amides is 1. The number of nitrogens with zero attached hydrogens (tertiary/aromatic N) is 2. The lowest BCUT2D eigenvalue weighted by molar-refractivity contribution is -0.125. The third-order valence-corrected chi connectivity index (χ3v) is 5.75. The zero-order valence-electron chi connectivity index (χ0n) is 15.3. The Morgan fingerprint density at radius 1 is 1.12 bits per heavy atom. The fourth-order valence-corrected chi connectivity index (χ4v) is 4.53. The van der Waals surface area contributed by atoms with E-state index >= 15 is 0 Å². The molecule has 0 bridgehead atoms. The van der Waals surface area contributed by atoms with Crippen LogP contribution >= 0.6 is 0 Å². The number of hydrogen-bond donors (Lipinski definition) is 1. The number of fused-ring (bicyclic) bond motifs is 1. The highest BCUT2D eigenvalue weighted by Crippen LogP contribution is 2.30. The molecule has 134 valence electrons. The van der Waals surface area contributed by atoms with Crippen molar-refractivity contribution in [3.05, 3.63) is 24.5 Å². The predicted octanol–water partition coefficient (Wildman–Crippen LogP) is 3.46. The van der Waals surface area contributed by atoms with Crippen molar-refractivity contribution in [3.63, 3.8) is 0 Å². The van der Waals surface area contributed by atoms with Crippen LogP contribution in [0, 0.1) is 11.8 Å². The molecule has 0 spiro atoms. The van der Waals surface area contributed by atoms with E-state index in [4.69, 9.17) is 0 Å². The summed E-state index contributed by atoms with van der Waals surface area (Å²) in [6.45, 7) is 7.73. The number of hydrogen-bond acceptors (Lipinski definition) is 2. The first-order valence-corrected chi connectivity index (χ1v) is 9.79. The Bertz CT molecular complexity index is 509. The molecule has 0 aromatic carbocycles. The zero-order valence-corrected chi connectivity index (χ0v) is 15.3. The van der Waals surface area contributed by atoms with Gasteiger partial charge in [-0.15, -0.1) is 0 Å². The summed E-state index contributed by atoms with van der Waals surface area (Å²) in [5.41, 5.74) is 0. The Balaban J connectivity index is 1.58. The van der Waals surface area contributed by atoms with Gasteiger partial charge < -0.3 is 14.8 Å². The zero-order chi connectivity index (χ0) is 16.9. The molecule has 3 rings (SSSR count). The van der Waals surface area contributed by atoms with Crippen LogP contribution in [0.4, 0.5) is 0 Å². The quantitative estimate of drug-likeness (QED) is 0.867. The fourth-order valence-electron chi connectivity index (χ4n) is 4.53. The van der Waals surface area contributed by atoms with Crippen LogP contribution in [0.1, 0.15) is 58.4 Å². The molecule has 24 heavy (non-hydrogen) atoms. The maximum Gasteiger partial charge on any atom is 0.243 e. The fraction of sp³-hybridized carbons (Fsp3) is 0.750. The Hall–Kier alpha value is -1.29. The Morgan fingerprint density at radius 2 is 1.88 bits per heavy atom. The highest BCUT2D eigenvalue weighted by molar-refractivity contribution is 5.80. The molecule has 2 saturated heterocycles. The molecule has 1 N–H and O–H groups in total. The molecule has 4 heteroatoms. The second-order valence-electron chi connectivity index (χ2n) is 8.02. The molecule has 1 amide bonds. The smallest absolute Gasteiger partial charge is 0.243 e. The number of nitrogens with one attached hydrogen (secondary N) is 1. The molecular weight excluding hydrogens is 298 g/mol. The van der Waals surface area contributed by atoms with Gasteiger partial charge in [0, 0.05) is 25.0 Å². The van der Waals surface area contributed by atoms with Gasteiger partial charge in [-0.2, -0.15) is 0 Å². The van der Waals surface area contributed by atoms with Gasteiger partial charge in [-0.3, -0.25) is 4.79 Å². The van der Waals surface area contributed by atoms with Crippen LogP contribution < -0.4 is 5.32 Å². The second kappa shape index (κ2) is 8.19. The van der Waals surface area contributed by atoms with Crippen molar-refractivity contribution in [2.24, 2.45) is 11.8 Å². The molecule has 0 saturated carbocycles. The molecule has 3 atom stereocenters. The summed E-state index contributed by atoms with van der Waals surface area (Å²) in [7, 11) is 0. The lowest BCUT2D eigenvalue weighted by atomic mass is 9.83. The first kappa shape index (κ1) is 17.5. The van der Waals surface area contributed by atoms with E-state index in [1.165, 1.54) is 45.2 Å². The Kier molecular flexibility index (Phi) is 5.99. The first-order chi connectivity index (χ1) is 11.6. The number of aromatic nitrogens is 1. The van der Waals surface area contributed by atoms with Crippen LogP contribution in [0.3, 0.4) is 0 Å². The van der Waals surface area contributed by atoms with E-state index in [0.29, 0.717) is 17.9 Å². The van der Waals surface area contributed by atoms with Crippen molar-refractivity contribution < 1.29 is 4.79 Å². The molecule has 0 unspecified atom stereocenters. The molecule has 3 heterocycles. The topological polar surface area (TPSA) is 37.3 Å². The summed E-state index contributed by atoms with van der Waals surface area (Å²) in [4.78, 5) is 15.5. The summed E-state index contributed by atoms with van der Waals surface area (Å²) in [6, 6.07) is 4.62. The SMILES string of the molecule is CC(C)C[C@H](C(=O)NC[C@@H]1CCCN2CCCC[C@H]12)n1cccc1. The second-order valence-corrected chi connectivity index (χ2v) is 8.02. The molecule has 4 nitrogen and oxygen atoms in total. The molecule has 2 aliphatic heterocycles. The van der Waals surface area contributed by atoms with Crippen LogP contribution in [0.25, 0.3) is 0 Å². The van der Waals surface area contributed by atoms with Crippen LogP contribution in [0.5, 0.6) is 0 Å². The highest BCUT2D eigenvalue weighted by atomic mass is 16.2. The van der Waals surface area contributed by atoms with E-state index in [-0.39, 0.29) is 11.9 Å². The summed E-state index contributed by atoms with van der Waals surface area (Å²) in [5.74, 6) is 1.33. The van der Waals surface area contributed by atoms with E-state index in [1.54, 1.807) is 0 Å². The number of rotatable bonds is 6. The van der Waals surface area contributed by atoms with Gasteiger partial charge in [-0.25, -0.2) is 0 Å². The minimum atomic E-state index is -0.0777. The van der Waals surface area contributed by atoms with Crippen molar-refractivity contribution >= 4 is 5.91 Å². The third kappa shape index (κ3) is 4.21. The van der Waals surface area contributed by atoms with Gasteiger partial charge in [0.15, 0.2) is 0 Å². The van der Waals surface area contributed by atoms with Crippen LogP contribution in [0.15, 0.2) is 24.5 Å². The standard InChI is InChI=1S/C20H33N3O/c1-16(2)14-19(23-11-5-6-12-23)20(24)21-15-17-8-7-13-22-10-4-3-9-18(17)22/h5-6,11-12,16-19H,3-4,7-10,13-15H2,1-2H3,(H,21,24)/t17-,18+,19+/m0/s1. The summed E-state index contributed by atoms with van der Waals surface area (Å²) in [6.07, 6.45) is 11.5. The minimum absolute atomic E-state index is 0.0777. The first-order valence-electron chi connectivity index (χ1n) is 9.79. The molecular formula is C20H33N3O. The number of carbonyl (C=O) groups excluding carboxylic acids is 1. The largest absolute Gasteiger partial charge is 0.354 e.